The second-order valence-corrected chi connectivity index (χ2v) is 7.21. The van der Waals surface area contributed by atoms with E-state index in [1.54, 1.807) is 0 Å². The molecule has 0 heterocycles. The van der Waals surface area contributed by atoms with E-state index in [-0.39, 0.29) is 5.78 Å². The van der Waals surface area contributed by atoms with E-state index in [1.165, 1.54) is 0 Å². The van der Waals surface area contributed by atoms with Crippen LogP contribution in [0.25, 0.3) is 0 Å². The van der Waals surface area contributed by atoms with Crippen molar-refractivity contribution in [3.8, 4) is 0 Å². The van der Waals surface area contributed by atoms with Crippen molar-refractivity contribution in [2.24, 2.45) is 0 Å². The van der Waals surface area contributed by atoms with Gasteiger partial charge in [0.2, 0.25) is 0 Å². The summed E-state index contributed by atoms with van der Waals surface area (Å²) in [5.74, 6) is 0.0258. The van der Waals surface area contributed by atoms with Gasteiger partial charge in [0.15, 0.2) is 5.78 Å². The van der Waals surface area contributed by atoms with Gasteiger partial charge < -0.3 is 9.80 Å². The number of hydrogen-bond acceptors (Lipinski definition) is 3. The average Bonchev–Trinajstić information content (AvgIpc) is 2.84. The van der Waals surface area contributed by atoms with Crippen LogP contribution in [0.4, 0.5) is 22.7 Å². The Morgan fingerprint density at radius 2 is 0.767 bits per heavy atom. The molecule has 0 aliphatic heterocycles. The highest BCUT2D eigenvalue weighted by Gasteiger charge is 2.11. The van der Waals surface area contributed by atoms with Crippen molar-refractivity contribution in [1.82, 2.24) is 0 Å². The van der Waals surface area contributed by atoms with Crippen molar-refractivity contribution in [3.05, 3.63) is 120 Å². The van der Waals surface area contributed by atoms with Gasteiger partial charge in [-0.3, -0.25) is 4.79 Å². The maximum atomic E-state index is 12.9. The Bertz CT molecular complexity index is 1010. The second kappa shape index (κ2) is 8.66. The van der Waals surface area contributed by atoms with Crippen LogP contribution < -0.4 is 9.80 Å². The highest BCUT2D eigenvalue weighted by atomic mass is 16.1. The van der Waals surface area contributed by atoms with E-state index >= 15 is 0 Å². The molecule has 0 spiro atoms. The lowest BCUT2D eigenvalue weighted by molar-refractivity contribution is 0.103. The fourth-order valence-corrected chi connectivity index (χ4v) is 3.44. The van der Waals surface area contributed by atoms with Crippen LogP contribution >= 0.6 is 0 Å². The number of rotatable bonds is 6. The Labute approximate surface area is 177 Å². The van der Waals surface area contributed by atoms with Gasteiger partial charge in [-0.15, -0.1) is 0 Å². The predicted octanol–water partition coefficient (Wildman–Crippen LogP) is 6.45. The molecule has 0 aromatic heterocycles. The van der Waals surface area contributed by atoms with E-state index in [9.17, 15) is 4.79 Å². The number of carbonyl (C=O) groups is 1. The van der Waals surface area contributed by atoms with Crippen LogP contribution in [0.2, 0.25) is 0 Å². The molecule has 0 atom stereocenters. The largest absolute Gasteiger partial charge is 0.345 e. The van der Waals surface area contributed by atoms with Gasteiger partial charge in [0.1, 0.15) is 0 Å². The molecule has 0 aliphatic rings. The fraction of sp³-hybridized carbons (Fsp3) is 0.0741. The molecule has 0 N–H and O–H groups in total. The maximum Gasteiger partial charge on any atom is 0.193 e. The molecule has 4 aromatic rings. The van der Waals surface area contributed by atoms with Crippen molar-refractivity contribution in [1.29, 1.82) is 0 Å². The van der Waals surface area contributed by atoms with Crippen molar-refractivity contribution in [3.63, 3.8) is 0 Å². The third-order valence-electron chi connectivity index (χ3n) is 5.32. The number of ketones is 1. The fourth-order valence-electron chi connectivity index (χ4n) is 3.44. The summed E-state index contributed by atoms with van der Waals surface area (Å²) in [5, 5.41) is 0. The van der Waals surface area contributed by atoms with Crippen LogP contribution in [0.1, 0.15) is 15.9 Å². The van der Waals surface area contributed by atoms with Crippen molar-refractivity contribution in [2.45, 2.75) is 0 Å². The molecule has 3 heteroatoms. The molecular weight excluding hydrogens is 368 g/mol. The van der Waals surface area contributed by atoms with Crippen LogP contribution in [-0.4, -0.2) is 19.9 Å². The molecular formula is C27H24N2O. The maximum absolute atomic E-state index is 12.9. The summed E-state index contributed by atoms with van der Waals surface area (Å²) in [6, 6.07) is 35.8. The summed E-state index contributed by atoms with van der Waals surface area (Å²) in [4.78, 5) is 17.1. The van der Waals surface area contributed by atoms with Gasteiger partial charge in [-0.25, -0.2) is 0 Å². The normalized spacial score (nSPS) is 10.5. The van der Waals surface area contributed by atoms with E-state index in [0.29, 0.717) is 11.1 Å². The number of para-hydroxylation sites is 2. The first-order valence-corrected chi connectivity index (χ1v) is 9.96. The molecule has 148 valence electrons. The first-order valence-electron chi connectivity index (χ1n) is 9.96. The number of carbonyl (C=O) groups excluding carboxylic acids is 1. The molecule has 0 saturated heterocycles. The summed E-state index contributed by atoms with van der Waals surface area (Å²) in [6.45, 7) is 0. The minimum absolute atomic E-state index is 0.0258. The number of nitrogens with zero attached hydrogens (tertiary/aromatic N) is 2. The molecule has 0 aliphatic carbocycles. The molecule has 4 aromatic carbocycles. The van der Waals surface area contributed by atoms with Crippen LogP contribution in [-0.2, 0) is 0 Å². The van der Waals surface area contributed by atoms with Crippen LogP contribution in [0.3, 0.4) is 0 Å². The van der Waals surface area contributed by atoms with Gasteiger partial charge in [-0.2, -0.15) is 0 Å². The van der Waals surface area contributed by atoms with Gasteiger partial charge in [-0.05, 0) is 72.8 Å². The van der Waals surface area contributed by atoms with E-state index < -0.39 is 0 Å². The quantitative estimate of drug-likeness (QED) is 0.352. The van der Waals surface area contributed by atoms with E-state index in [2.05, 4.69) is 34.1 Å². The van der Waals surface area contributed by atoms with Crippen LogP contribution in [0.5, 0.6) is 0 Å². The smallest absolute Gasteiger partial charge is 0.193 e. The minimum atomic E-state index is 0.0258. The molecule has 0 unspecified atom stereocenters. The van der Waals surface area contributed by atoms with Gasteiger partial charge in [0.05, 0.1) is 0 Å². The summed E-state index contributed by atoms with van der Waals surface area (Å²) in [7, 11) is 4.04. The Hall–Kier alpha value is -3.85. The minimum Gasteiger partial charge on any atom is -0.345 e. The third kappa shape index (κ3) is 4.11. The predicted molar refractivity (Wildman–Crippen MR) is 125 cm³/mol. The molecule has 3 nitrogen and oxygen atoms in total. The molecule has 0 amide bonds. The summed E-state index contributed by atoms with van der Waals surface area (Å²) < 4.78 is 0. The van der Waals surface area contributed by atoms with E-state index in [4.69, 9.17) is 0 Å². The van der Waals surface area contributed by atoms with Gasteiger partial charge in [0, 0.05) is 48.0 Å². The zero-order valence-corrected chi connectivity index (χ0v) is 17.2. The van der Waals surface area contributed by atoms with Gasteiger partial charge in [0.25, 0.3) is 0 Å². The Balaban J connectivity index is 1.49. The van der Waals surface area contributed by atoms with E-state index in [1.807, 2.05) is 99.0 Å². The lowest BCUT2D eigenvalue weighted by Crippen LogP contribution is -2.10. The Kier molecular flexibility index (Phi) is 5.62. The summed E-state index contributed by atoms with van der Waals surface area (Å²) in [6.07, 6.45) is 0. The third-order valence-corrected chi connectivity index (χ3v) is 5.32. The molecule has 0 fully saturated rings. The highest BCUT2D eigenvalue weighted by molar-refractivity contribution is 6.09. The van der Waals surface area contributed by atoms with Crippen molar-refractivity contribution < 1.29 is 4.79 Å². The topological polar surface area (TPSA) is 23.6 Å². The molecule has 4 rings (SSSR count). The lowest BCUT2D eigenvalue weighted by atomic mass is 10.0. The van der Waals surface area contributed by atoms with Crippen LogP contribution in [0.15, 0.2) is 109 Å². The van der Waals surface area contributed by atoms with E-state index in [0.717, 1.165) is 22.7 Å². The molecule has 0 radical (unpaired) electrons. The monoisotopic (exact) mass is 392 g/mol. The average molecular weight is 393 g/mol. The standard InChI is InChI=1S/C27H24N2O/c1-28(23-9-5-3-6-10-23)25-17-13-21(14-18-25)27(30)22-15-19-26(20-16-22)29(2)24-11-7-4-8-12-24/h3-20H,1-2H3. The number of anilines is 4. The first kappa shape index (κ1) is 19.5. The molecule has 0 saturated carbocycles. The van der Waals surface area contributed by atoms with Gasteiger partial charge in [-0.1, -0.05) is 36.4 Å². The van der Waals surface area contributed by atoms with Crippen molar-refractivity contribution >= 4 is 28.5 Å². The zero-order valence-electron chi connectivity index (χ0n) is 17.2. The number of benzene rings is 4. The first-order chi connectivity index (χ1) is 14.6. The van der Waals surface area contributed by atoms with Crippen LogP contribution in [0, 0.1) is 0 Å². The second-order valence-electron chi connectivity index (χ2n) is 7.21. The highest BCUT2D eigenvalue weighted by Crippen LogP contribution is 2.26. The van der Waals surface area contributed by atoms with Crippen molar-refractivity contribution in [2.75, 3.05) is 23.9 Å². The summed E-state index contributed by atoms with van der Waals surface area (Å²) in [5.41, 5.74) is 5.66. The summed E-state index contributed by atoms with van der Waals surface area (Å²) >= 11 is 0. The SMILES string of the molecule is CN(c1ccccc1)c1ccc(C(=O)c2ccc(N(C)c3ccccc3)cc2)cc1. The molecule has 30 heavy (non-hydrogen) atoms. The zero-order chi connectivity index (χ0) is 20.9. The number of hydrogen-bond donors (Lipinski definition) is 0. The Morgan fingerprint density at radius 1 is 0.467 bits per heavy atom. The molecule has 0 bridgehead atoms. The lowest BCUT2D eigenvalue weighted by Gasteiger charge is -2.20. The Morgan fingerprint density at radius 3 is 1.10 bits per heavy atom. The van der Waals surface area contributed by atoms with Gasteiger partial charge >= 0.3 is 0 Å².